The molecule has 0 saturated carbocycles. The van der Waals surface area contributed by atoms with Crippen LogP contribution in [0, 0.1) is 17.6 Å². The molecule has 1 aliphatic carbocycles. The zero-order valence-electron chi connectivity index (χ0n) is 20.7. The van der Waals surface area contributed by atoms with E-state index < -0.39 is 11.6 Å². The van der Waals surface area contributed by atoms with E-state index in [9.17, 15) is 8.78 Å². The number of aryl methyl sites for hydroxylation is 2. The minimum Gasteiger partial charge on any atom is -0.494 e. The highest BCUT2D eigenvalue weighted by molar-refractivity contribution is 5.67. The molecule has 0 bridgehead atoms. The highest BCUT2D eigenvalue weighted by Crippen LogP contribution is 2.32. The fourth-order valence-electron chi connectivity index (χ4n) is 4.77. The van der Waals surface area contributed by atoms with Gasteiger partial charge in [0.15, 0.2) is 11.6 Å². The first-order chi connectivity index (χ1) is 17.1. The van der Waals surface area contributed by atoms with Crippen molar-refractivity contribution < 1.29 is 13.5 Å². The Hall–Kier alpha value is -3.20. The van der Waals surface area contributed by atoms with E-state index in [4.69, 9.17) is 4.74 Å². The standard InChI is InChI=1S/C32H34F2O/c1-3-6-23-9-15-26(16-10-23)27-17-11-24(12-18-27)7-4-5-8-25-13-19-28(20-14-25)29-21-22-30(35-2)32(34)31(29)33/h4,7,9-10,13-17,19-22,24H,3,5-6,8,11-12,18H2,1-2H3. The van der Waals surface area contributed by atoms with Gasteiger partial charge in [0.1, 0.15) is 0 Å². The summed E-state index contributed by atoms with van der Waals surface area (Å²) in [5, 5.41) is 0. The van der Waals surface area contributed by atoms with Gasteiger partial charge in [-0.3, -0.25) is 0 Å². The molecule has 35 heavy (non-hydrogen) atoms. The summed E-state index contributed by atoms with van der Waals surface area (Å²) >= 11 is 0. The SMILES string of the molecule is CCCc1ccc(C2=CCC(C=CCCc3ccc(-c4ccc(OC)c(F)c4F)cc3)CC2)cc1. The van der Waals surface area contributed by atoms with Crippen LogP contribution in [0.3, 0.4) is 0 Å². The Labute approximate surface area is 208 Å². The van der Waals surface area contributed by atoms with Gasteiger partial charge < -0.3 is 4.74 Å². The van der Waals surface area contributed by atoms with Gasteiger partial charge in [-0.15, -0.1) is 0 Å². The highest BCUT2D eigenvalue weighted by Gasteiger charge is 2.15. The monoisotopic (exact) mass is 472 g/mol. The van der Waals surface area contributed by atoms with Crippen molar-refractivity contribution in [3.8, 4) is 16.9 Å². The number of methoxy groups -OCH3 is 1. The molecule has 0 aliphatic heterocycles. The smallest absolute Gasteiger partial charge is 0.201 e. The molecule has 1 atom stereocenters. The van der Waals surface area contributed by atoms with Crippen molar-refractivity contribution in [3.63, 3.8) is 0 Å². The number of ether oxygens (including phenoxy) is 1. The Bertz CT molecular complexity index is 1170. The van der Waals surface area contributed by atoms with Crippen LogP contribution in [-0.2, 0) is 12.8 Å². The molecule has 3 aromatic carbocycles. The van der Waals surface area contributed by atoms with Crippen molar-refractivity contribution in [1.29, 1.82) is 0 Å². The van der Waals surface area contributed by atoms with Gasteiger partial charge in [-0.2, -0.15) is 4.39 Å². The number of rotatable bonds is 9. The van der Waals surface area contributed by atoms with Crippen molar-refractivity contribution in [3.05, 3.63) is 107 Å². The van der Waals surface area contributed by atoms with Crippen molar-refractivity contribution in [2.75, 3.05) is 7.11 Å². The summed E-state index contributed by atoms with van der Waals surface area (Å²) in [4.78, 5) is 0. The zero-order valence-corrected chi connectivity index (χ0v) is 20.7. The number of allylic oxidation sites excluding steroid dienone is 4. The van der Waals surface area contributed by atoms with E-state index in [-0.39, 0.29) is 11.3 Å². The third kappa shape index (κ3) is 6.28. The van der Waals surface area contributed by atoms with Crippen molar-refractivity contribution in [2.45, 2.75) is 51.9 Å². The Morgan fingerprint density at radius 1 is 0.857 bits per heavy atom. The lowest BCUT2D eigenvalue weighted by Gasteiger charge is -2.19. The molecule has 1 unspecified atom stereocenters. The lowest BCUT2D eigenvalue weighted by Crippen LogP contribution is -2.02. The van der Waals surface area contributed by atoms with Gasteiger partial charge in [0.25, 0.3) is 0 Å². The number of hydrogen-bond acceptors (Lipinski definition) is 1. The van der Waals surface area contributed by atoms with Crippen LogP contribution in [0.15, 0.2) is 78.9 Å². The van der Waals surface area contributed by atoms with Gasteiger partial charge in [-0.25, -0.2) is 4.39 Å². The molecule has 0 spiro atoms. The van der Waals surface area contributed by atoms with Crippen LogP contribution in [-0.4, -0.2) is 7.11 Å². The second-order valence-corrected chi connectivity index (χ2v) is 9.32. The van der Waals surface area contributed by atoms with Gasteiger partial charge in [-0.1, -0.05) is 80.1 Å². The van der Waals surface area contributed by atoms with E-state index in [0.717, 1.165) is 32.1 Å². The minimum atomic E-state index is -0.950. The average molecular weight is 473 g/mol. The maximum absolute atomic E-state index is 14.4. The quantitative estimate of drug-likeness (QED) is 0.282. The third-order valence-corrected chi connectivity index (χ3v) is 6.85. The fraction of sp³-hybridized carbons (Fsp3) is 0.312. The molecule has 0 radical (unpaired) electrons. The van der Waals surface area contributed by atoms with E-state index in [1.807, 2.05) is 24.3 Å². The highest BCUT2D eigenvalue weighted by atomic mass is 19.2. The molecule has 182 valence electrons. The normalized spacial score (nSPS) is 15.9. The summed E-state index contributed by atoms with van der Waals surface area (Å²) in [7, 11) is 1.33. The van der Waals surface area contributed by atoms with Crippen LogP contribution in [0.5, 0.6) is 5.75 Å². The fourth-order valence-corrected chi connectivity index (χ4v) is 4.77. The summed E-state index contributed by atoms with van der Waals surface area (Å²) in [6, 6.07) is 19.8. The first-order valence-corrected chi connectivity index (χ1v) is 12.6. The predicted octanol–water partition coefficient (Wildman–Crippen LogP) is 8.97. The Kier molecular flexibility index (Phi) is 8.52. The van der Waals surface area contributed by atoms with Crippen molar-refractivity contribution >= 4 is 5.57 Å². The molecule has 3 heteroatoms. The average Bonchev–Trinajstić information content (AvgIpc) is 2.90. The summed E-state index contributed by atoms with van der Waals surface area (Å²) in [5.41, 5.74) is 6.36. The molecule has 1 nitrogen and oxygen atoms in total. The summed E-state index contributed by atoms with van der Waals surface area (Å²) < 4.78 is 33.2. The van der Waals surface area contributed by atoms with E-state index in [0.29, 0.717) is 11.5 Å². The Morgan fingerprint density at radius 2 is 1.54 bits per heavy atom. The number of hydrogen-bond donors (Lipinski definition) is 0. The van der Waals surface area contributed by atoms with Gasteiger partial charge in [0, 0.05) is 5.56 Å². The summed E-state index contributed by atoms with van der Waals surface area (Å²) in [6.45, 7) is 2.22. The van der Waals surface area contributed by atoms with Crippen LogP contribution in [0.25, 0.3) is 16.7 Å². The molecule has 0 fully saturated rings. The van der Waals surface area contributed by atoms with Gasteiger partial charge >= 0.3 is 0 Å². The summed E-state index contributed by atoms with van der Waals surface area (Å²) in [5.74, 6) is -1.30. The number of benzene rings is 3. The maximum atomic E-state index is 14.4. The first kappa shape index (κ1) is 24.9. The molecule has 4 rings (SSSR count). The predicted molar refractivity (Wildman–Crippen MR) is 142 cm³/mol. The largest absolute Gasteiger partial charge is 0.494 e. The maximum Gasteiger partial charge on any atom is 0.201 e. The first-order valence-electron chi connectivity index (χ1n) is 12.6. The van der Waals surface area contributed by atoms with E-state index in [1.54, 1.807) is 6.07 Å². The molecule has 0 amide bonds. The van der Waals surface area contributed by atoms with Crippen LogP contribution in [0.2, 0.25) is 0 Å². The lowest BCUT2D eigenvalue weighted by molar-refractivity contribution is 0.372. The molecule has 0 aromatic heterocycles. The van der Waals surface area contributed by atoms with E-state index in [2.05, 4.69) is 49.4 Å². The van der Waals surface area contributed by atoms with Crippen LogP contribution < -0.4 is 4.74 Å². The van der Waals surface area contributed by atoms with Gasteiger partial charge in [-0.05, 0) is 84.4 Å². The van der Waals surface area contributed by atoms with Crippen LogP contribution in [0.4, 0.5) is 8.78 Å². The topological polar surface area (TPSA) is 9.23 Å². The van der Waals surface area contributed by atoms with E-state index in [1.165, 1.54) is 48.3 Å². The van der Waals surface area contributed by atoms with Gasteiger partial charge in [0.2, 0.25) is 5.82 Å². The molecular formula is C32H34F2O. The second-order valence-electron chi connectivity index (χ2n) is 9.32. The Morgan fingerprint density at radius 3 is 2.17 bits per heavy atom. The molecule has 1 aliphatic rings. The van der Waals surface area contributed by atoms with Crippen LogP contribution in [0.1, 0.15) is 55.7 Å². The number of halogens is 2. The lowest BCUT2D eigenvalue weighted by atomic mass is 9.86. The van der Waals surface area contributed by atoms with E-state index >= 15 is 0 Å². The minimum absolute atomic E-state index is 0.0830. The molecule has 0 saturated heterocycles. The van der Waals surface area contributed by atoms with Gasteiger partial charge in [0.05, 0.1) is 7.11 Å². The molecule has 0 heterocycles. The third-order valence-electron chi connectivity index (χ3n) is 6.85. The molecule has 3 aromatic rings. The summed E-state index contributed by atoms with van der Waals surface area (Å²) in [6.07, 6.45) is 14.7. The second kappa shape index (κ2) is 12.0. The zero-order chi connectivity index (χ0) is 24.6. The molecule has 0 N–H and O–H groups in total. The van der Waals surface area contributed by atoms with Crippen molar-refractivity contribution in [1.82, 2.24) is 0 Å². The van der Waals surface area contributed by atoms with Crippen molar-refractivity contribution in [2.24, 2.45) is 5.92 Å². The molecular weight excluding hydrogens is 438 g/mol. The van der Waals surface area contributed by atoms with Crippen LogP contribution >= 0.6 is 0 Å². The Balaban J connectivity index is 1.27.